The van der Waals surface area contributed by atoms with E-state index in [-0.39, 0.29) is 11.7 Å². The van der Waals surface area contributed by atoms with Crippen molar-refractivity contribution in [1.29, 1.82) is 0 Å². The Morgan fingerprint density at radius 2 is 2.12 bits per heavy atom. The fourth-order valence-electron chi connectivity index (χ4n) is 1.85. The molecule has 0 bridgehead atoms. The number of thiophene rings is 1. The molecule has 1 aromatic heterocycles. The monoisotopic (exact) mass is 268 g/mol. The average molecular weight is 268 g/mol. The van der Waals surface area contributed by atoms with Gasteiger partial charge in [-0.05, 0) is 31.9 Å². The molecule has 2 aliphatic rings. The lowest BCUT2D eigenvalue weighted by molar-refractivity contribution is 0.0972. The number of nitrogen functional groups attached to an aromatic ring is 1. The number of hydrogen-bond donors (Lipinski definition) is 2. The van der Waals surface area contributed by atoms with E-state index in [0.717, 1.165) is 27.6 Å². The highest BCUT2D eigenvalue weighted by Crippen LogP contribution is 2.46. The van der Waals surface area contributed by atoms with Crippen LogP contribution in [0.15, 0.2) is 4.90 Å². The van der Waals surface area contributed by atoms with E-state index in [0.29, 0.717) is 11.7 Å². The maximum atomic E-state index is 12.1. The quantitative estimate of drug-likeness (QED) is 0.636. The summed E-state index contributed by atoms with van der Waals surface area (Å²) in [4.78, 5) is 13.9. The molecule has 0 unspecified atom stereocenters. The third kappa shape index (κ3) is 2.18. The molecule has 0 aliphatic heterocycles. The van der Waals surface area contributed by atoms with Gasteiger partial charge in [0.05, 0.1) is 15.5 Å². The molecule has 5 heteroatoms. The molecule has 3 nitrogen and oxygen atoms in total. The van der Waals surface area contributed by atoms with Crippen molar-refractivity contribution in [3.63, 3.8) is 0 Å². The highest BCUT2D eigenvalue weighted by Gasteiger charge is 2.34. The molecule has 2 fully saturated rings. The molecule has 3 rings (SSSR count). The van der Waals surface area contributed by atoms with Gasteiger partial charge in [-0.15, -0.1) is 23.1 Å². The topological polar surface area (TPSA) is 55.1 Å². The number of carbonyl (C=O) groups excluding carboxylic acids is 1. The van der Waals surface area contributed by atoms with Crippen LogP contribution in [0.2, 0.25) is 0 Å². The smallest absolute Gasteiger partial charge is 0.178 e. The SMILES string of the molecule is CSc1c(NC2CC2)sc(C(=O)C2CC2)c1N. The van der Waals surface area contributed by atoms with Crippen LogP contribution in [-0.2, 0) is 0 Å². The number of ketones is 1. The Morgan fingerprint density at radius 1 is 1.41 bits per heavy atom. The second-order valence-corrected chi connectivity index (χ2v) is 6.60. The zero-order chi connectivity index (χ0) is 12.0. The highest BCUT2D eigenvalue weighted by molar-refractivity contribution is 7.99. The Balaban J connectivity index is 1.91. The Bertz CT molecular complexity index is 461. The van der Waals surface area contributed by atoms with Crippen LogP contribution in [0.25, 0.3) is 0 Å². The molecular weight excluding hydrogens is 252 g/mol. The minimum absolute atomic E-state index is 0.249. The van der Waals surface area contributed by atoms with E-state index in [1.807, 2.05) is 6.26 Å². The van der Waals surface area contributed by atoms with Crippen molar-refractivity contribution in [3.05, 3.63) is 4.88 Å². The molecule has 1 heterocycles. The second kappa shape index (κ2) is 4.21. The van der Waals surface area contributed by atoms with Gasteiger partial charge in [0, 0.05) is 12.0 Å². The molecule has 0 atom stereocenters. The van der Waals surface area contributed by atoms with E-state index < -0.39 is 0 Å². The summed E-state index contributed by atoms with van der Waals surface area (Å²) in [6.45, 7) is 0. The zero-order valence-electron chi connectivity index (χ0n) is 9.79. The first-order chi connectivity index (χ1) is 8.20. The van der Waals surface area contributed by atoms with Gasteiger partial charge in [-0.25, -0.2) is 0 Å². The summed E-state index contributed by atoms with van der Waals surface area (Å²) in [6, 6.07) is 0.600. The zero-order valence-corrected chi connectivity index (χ0v) is 11.4. The van der Waals surface area contributed by atoms with Crippen LogP contribution in [0.3, 0.4) is 0 Å². The molecule has 3 N–H and O–H groups in total. The van der Waals surface area contributed by atoms with E-state index in [4.69, 9.17) is 5.73 Å². The lowest BCUT2D eigenvalue weighted by Crippen LogP contribution is -2.02. The van der Waals surface area contributed by atoms with Crippen LogP contribution in [0.5, 0.6) is 0 Å². The van der Waals surface area contributed by atoms with Crippen LogP contribution in [-0.4, -0.2) is 18.1 Å². The molecule has 17 heavy (non-hydrogen) atoms. The Morgan fingerprint density at radius 3 is 2.65 bits per heavy atom. The van der Waals surface area contributed by atoms with Crippen molar-refractivity contribution < 1.29 is 4.79 Å². The number of anilines is 2. The van der Waals surface area contributed by atoms with Crippen LogP contribution in [0.1, 0.15) is 35.4 Å². The lowest BCUT2D eigenvalue weighted by atomic mass is 10.2. The average Bonchev–Trinajstić information content (AvgIpc) is 3.17. The van der Waals surface area contributed by atoms with E-state index in [1.54, 1.807) is 23.1 Å². The molecule has 0 saturated heterocycles. The minimum atomic E-state index is 0.249. The van der Waals surface area contributed by atoms with Crippen molar-refractivity contribution >= 4 is 39.6 Å². The molecule has 0 spiro atoms. The maximum absolute atomic E-state index is 12.1. The van der Waals surface area contributed by atoms with Crippen molar-refractivity contribution in [2.75, 3.05) is 17.3 Å². The normalized spacial score (nSPS) is 19.4. The van der Waals surface area contributed by atoms with Gasteiger partial charge < -0.3 is 11.1 Å². The van der Waals surface area contributed by atoms with Gasteiger partial charge in [-0.1, -0.05) is 0 Å². The van der Waals surface area contributed by atoms with Crippen molar-refractivity contribution in [2.45, 2.75) is 36.6 Å². The predicted molar refractivity (Wildman–Crippen MR) is 74.2 cm³/mol. The van der Waals surface area contributed by atoms with Gasteiger partial charge in [0.1, 0.15) is 5.00 Å². The predicted octanol–water partition coefficient (Wildman–Crippen LogP) is 3.22. The van der Waals surface area contributed by atoms with E-state index in [2.05, 4.69) is 5.32 Å². The van der Waals surface area contributed by atoms with Gasteiger partial charge in [0.25, 0.3) is 0 Å². The largest absolute Gasteiger partial charge is 0.396 e. The Labute approximate surface area is 109 Å². The molecular formula is C12H16N2OS2. The first-order valence-corrected chi connectivity index (χ1v) is 8.02. The van der Waals surface area contributed by atoms with E-state index in [9.17, 15) is 4.79 Å². The lowest BCUT2D eigenvalue weighted by Gasteiger charge is -2.03. The van der Waals surface area contributed by atoms with Crippen molar-refractivity contribution in [1.82, 2.24) is 0 Å². The summed E-state index contributed by atoms with van der Waals surface area (Å²) < 4.78 is 0. The Kier molecular flexibility index (Phi) is 2.83. The number of thioether (sulfide) groups is 1. The number of hydrogen-bond acceptors (Lipinski definition) is 5. The first kappa shape index (κ1) is 11.4. The summed E-state index contributed by atoms with van der Waals surface area (Å²) in [6.07, 6.45) is 6.56. The first-order valence-electron chi connectivity index (χ1n) is 5.97. The second-order valence-electron chi connectivity index (χ2n) is 4.76. The molecule has 2 saturated carbocycles. The van der Waals surface area contributed by atoms with Gasteiger partial charge in [-0.3, -0.25) is 4.79 Å². The molecule has 1 aromatic rings. The third-order valence-electron chi connectivity index (χ3n) is 3.19. The van der Waals surface area contributed by atoms with E-state index in [1.165, 1.54) is 12.8 Å². The van der Waals surface area contributed by atoms with Crippen molar-refractivity contribution in [2.24, 2.45) is 5.92 Å². The summed E-state index contributed by atoms with van der Waals surface area (Å²) in [5.41, 5.74) is 6.80. The molecule has 0 amide bonds. The molecule has 92 valence electrons. The number of Topliss-reactive ketones (excluding diaryl/α,β-unsaturated/α-hetero) is 1. The van der Waals surface area contributed by atoms with Gasteiger partial charge in [0.15, 0.2) is 5.78 Å². The number of rotatable bonds is 5. The van der Waals surface area contributed by atoms with Gasteiger partial charge in [0.2, 0.25) is 0 Å². The van der Waals surface area contributed by atoms with Crippen LogP contribution in [0.4, 0.5) is 10.7 Å². The number of carbonyl (C=O) groups is 1. The van der Waals surface area contributed by atoms with Crippen LogP contribution < -0.4 is 11.1 Å². The number of nitrogens with two attached hydrogens (primary N) is 1. The highest BCUT2D eigenvalue weighted by atomic mass is 32.2. The summed E-state index contributed by atoms with van der Waals surface area (Å²) >= 11 is 3.18. The van der Waals surface area contributed by atoms with Gasteiger partial charge >= 0.3 is 0 Å². The maximum Gasteiger partial charge on any atom is 0.178 e. The fourth-order valence-corrected chi connectivity index (χ4v) is 3.97. The fraction of sp³-hybridized carbons (Fsp3) is 0.583. The molecule has 0 aromatic carbocycles. The van der Waals surface area contributed by atoms with Crippen LogP contribution in [0, 0.1) is 5.92 Å². The van der Waals surface area contributed by atoms with Gasteiger partial charge in [-0.2, -0.15) is 0 Å². The summed E-state index contributed by atoms with van der Waals surface area (Å²) in [5.74, 6) is 0.506. The molecule has 0 radical (unpaired) electrons. The van der Waals surface area contributed by atoms with Crippen LogP contribution >= 0.6 is 23.1 Å². The van der Waals surface area contributed by atoms with E-state index >= 15 is 0 Å². The number of nitrogens with one attached hydrogen (secondary N) is 1. The third-order valence-corrected chi connectivity index (χ3v) is 5.30. The minimum Gasteiger partial charge on any atom is -0.396 e. The standard InChI is InChI=1S/C12H16N2OS2/c1-16-11-8(13)10(9(15)6-2-3-6)17-12(11)14-7-4-5-7/h6-7,14H,2-5,13H2,1H3. The Hall–Kier alpha value is -0.680. The van der Waals surface area contributed by atoms with Crippen molar-refractivity contribution in [3.8, 4) is 0 Å². The summed E-state index contributed by atoms with van der Waals surface area (Å²) in [7, 11) is 0. The summed E-state index contributed by atoms with van der Waals surface area (Å²) in [5, 5.41) is 4.57. The molecule has 2 aliphatic carbocycles.